The number of nitrogens with one attached hydrogen (secondary N) is 2. The minimum absolute atomic E-state index is 0.558. The number of aliphatic imine (C=N–C) groups is 1. The summed E-state index contributed by atoms with van der Waals surface area (Å²) in [5.41, 5.74) is 0. The number of ether oxygens (including phenoxy) is 2. The fourth-order valence-corrected chi connectivity index (χ4v) is 2.76. The van der Waals surface area contributed by atoms with Crippen LogP contribution in [0.25, 0.3) is 0 Å². The predicted molar refractivity (Wildman–Crippen MR) is 92.5 cm³/mol. The van der Waals surface area contributed by atoms with Gasteiger partial charge in [0.2, 0.25) is 0 Å². The van der Waals surface area contributed by atoms with E-state index >= 15 is 0 Å². The molecular weight excluding hydrogens is 278 g/mol. The van der Waals surface area contributed by atoms with E-state index < -0.39 is 0 Å². The number of rotatable bonds is 10. The highest BCUT2D eigenvalue weighted by Gasteiger charge is 2.19. The Bertz CT molecular complexity index is 298. The molecule has 1 aliphatic rings. The molecule has 0 radical (unpaired) electrons. The molecule has 5 heteroatoms. The third kappa shape index (κ3) is 9.26. The first-order chi connectivity index (χ1) is 10.8. The summed E-state index contributed by atoms with van der Waals surface area (Å²) in [6.07, 6.45) is 7.47. The van der Waals surface area contributed by atoms with Crippen molar-refractivity contribution in [1.82, 2.24) is 10.6 Å². The van der Waals surface area contributed by atoms with Crippen molar-refractivity contribution in [2.45, 2.75) is 58.4 Å². The molecule has 1 fully saturated rings. The van der Waals surface area contributed by atoms with E-state index in [9.17, 15) is 0 Å². The molecular formula is C17H35N3O2. The Morgan fingerprint density at radius 1 is 1.14 bits per heavy atom. The fourth-order valence-electron chi connectivity index (χ4n) is 2.76. The molecule has 1 saturated carbocycles. The van der Waals surface area contributed by atoms with Crippen LogP contribution in [0.3, 0.4) is 0 Å². The number of hydrogen-bond donors (Lipinski definition) is 2. The smallest absolute Gasteiger partial charge is 0.191 e. The van der Waals surface area contributed by atoms with Crippen molar-refractivity contribution in [2.75, 3.05) is 40.0 Å². The van der Waals surface area contributed by atoms with Gasteiger partial charge in [0.1, 0.15) is 0 Å². The van der Waals surface area contributed by atoms with Crippen LogP contribution < -0.4 is 10.6 Å². The summed E-state index contributed by atoms with van der Waals surface area (Å²) in [5, 5.41) is 6.84. The summed E-state index contributed by atoms with van der Waals surface area (Å²) in [7, 11) is 1.82. The van der Waals surface area contributed by atoms with Crippen molar-refractivity contribution in [2.24, 2.45) is 10.9 Å². The van der Waals surface area contributed by atoms with Crippen LogP contribution in [0.15, 0.2) is 4.99 Å². The Balaban J connectivity index is 2.00. The maximum atomic E-state index is 5.55. The van der Waals surface area contributed by atoms with Crippen LogP contribution in [-0.4, -0.2) is 52.0 Å². The van der Waals surface area contributed by atoms with Crippen molar-refractivity contribution < 1.29 is 9.47 Å². The quantitative estimate of drug-likeness (QED) is 0.370. The number of hydrogen-bond acceptors (Lipinski definition) is 3. The monoisotopic (exact) mass is 313 g/mol. The average molecular weight is 313 g/mol. The van der Waals surface area contributed by atoms with Crippen molar-refractivity contribution >= 4 is 5.96 Å². The molecule has 2 atom stereocenters. The SMILES string of the molecule is CCCCOCCOCCNC(=NC)NC1CCCC(C)C1. The van der Waals surface area contributed by atoms with E-state index in [0.717, 1.165) is 31.4 Å². The normalized spacial score (nSPS) is 22.6. The lowest BCUT2D eigenvalue weighted by Gasteiger charge is -2.28. The van der Waals surface area contributed by atoms with Gasteiger partial charge in [0.25, 0.3) is 0 Å². The molecule has 0 heterocycles. The maximum Gasteiger partial charge on any atom is 0.191 e. The molecule has 0 bridgehead atoms. The van der Waals surface area contributed by atoms with Gasteiger partial charge in [-0.25, -0.2) is 0 Å². The van der Waals surface area contributed by atoms with Gasteiger partial charge >= 0.3 is 0 Å². The zero-order chi connectivity index (χ0) is 16.0. The summed E-state index contributed by atoms with van der Waals surface area (Å²) in [5.74, 6) is 1.71. The molecule has 5 nitrogen and oxygen atoms in total. The van der Waals surface area contributed by atoms with E-state index in [4.69, 9.17) is 9.47 Å². The van der Waals surface area contributed by atoms with Gasteiger partial charge in [-0.1, -0.05) is 33.1 Å². The molecule has 0 aromatic heterocycles. The number of nitrogens with zero attached hydrogens (tertiary/aromatic N) is 1. The van der Waals surface area contributed by atoms with Gasteiger partial charge < -0.3 is 20.1 Å². The lowest BCUT2D eigenvalue weighted by molar-refractivity contribution is 0.0487. The summed E-state index contributed by atoms with van der Waals surface area (Å²) in [4.78, 5) is 4.29. The molecule has 0 aromatic rings. The third-order valence-corrected chi connectivity index (χ3v) is 4.05. The van der Waals surface area contributed by atoms with Gasteiger partial charge in [0.05, 0.1) is 19.8 Å². The minimum Gasteiger partial charge on any atom is -0.379 e. The van der Waals surface area contributed by atoms with Crippen molar-refractivity contribution in [1.29, 1.82) is 0 Å². The Hall–Kier alpha value is -0.810. The van der Waals surface area contributed by atoms with Crippen molar-refractivity contribution in [3.05, 3.63) is 0 Å². The Morgan fingerprint density at radius 2 is 1.91 bits per heavy atom. The minimum atomic E-state index is 0.558. The van der Waals surface area contributed by atoms with Crippen molar-refractivity contribution in [3.63, 3.8) is 0 Å². The predicted octanol–water partition coefficient (Wildman–Crippen LogP) is 2.56. The Morgan fingerprint density at radius 3 is 2.59 bits per heavy atom. The standard InChI is InChI=1S/C17H35N3O2/c1-4-5-10-21-12-13-22-11-9-19-17(18-3)20-16-8-6-7-15(2)14-16/h15-16H,4-14H2,1-3H3,(H2,18,19,20). The molecule has 0 spiro atoms. The first-order valence-electron chi connectivity index (χ1n) is 8.89. The number of unbranched alkanes of at least 4 members (excludes halogenated alkanes) is 1. The van der Waals surface area contributed by atoms with Crippen LogP contribution in [0.1, 0.15) is 52.4 Å². The molecule has 0 aliphatic heterocycles. The van der Waals surface area contributed by atoms with Gasteiger partial charge in [0, 0.05) is 26.2 Å². The van der Waals surface area contributed by atoms with Crippen molar-refractivity contribution in [3.8, 4) is 0 Å². The maximum absolute atomic E-state index is 5.55. The first kappa shape index (κ1) is 19.2. The van der Waals surface area contributed by atoms with Crippen LogP contribution in [0.4, 0.5) is 0 Å². The summed E-state index contributed by atoms with van der Waals surface area (Å²) >= 11 is 0. The zero-order valence-electron chi connectivity index (χ0n) is 14.7. The van der Waals surface area contributed by atoms with Crippen LogP contribution in [0.2, 0.25) is 0 Å². The van der Waals surface area contributed by atoms with Crippen LogP contribution in [-0.2, 0) is 9.47 Å². The van der Waals surface area contributed by atoms with Crippen LogP contribution in [0, 0.1) is 5.92 Å². The third-order valence-electron chi connectivity index (χ3n) is 4.05. The molecule has 1 aliphatic carbocycles. The molecule has 22 heavy (non-hydrogen) atoms. The van der Waals surface area contributed by atoms with Gasteiger partial charge in [-0.2, -0.15) is 0 Å². The van der Waals surface area contributed by atoms with Crippen LogP contribution in [0.5, 0.6) is 0 Å². The van der Waals surface area contributed by atoms with E-state index in [1.807, 2.05) is 7.05 Å². The highest BCUT2D eigenvalue weighted by molar-refractivity contribution is 5.79. The topological polar surface area (TPSA) is 54.9 Å². The van der Waals surface area contributed by atoms with E-state index in [1.165, 1.54) is 32.1 Å². The lowest BCUT2D eigenvalue weighted by atomic mass is 9.87. The second-order valence-electron chi connectivity index (χ2n) is 6.19. The second-order valence-corrected chi connectivity index (χ2v) is 6.19. The highest BCUT2D eigenvalue weighted by atomic mass is 16.5. The van der Waals surface area contributed by atoms with Gasteiger partial charge in [-0.05, 0) is 25.2 Å². The first-order valence-corrected chi connectivity index (χ1v) is 8.89. The molecule has 2 unspecified atom stereocenters. The fraction of sp³-hybridized carbons (Fsp3) is 0.941. The van der Waals surface area contributed by atoms with E-state index in [-0.39, 0.29) is 0 Å². The summed E-state index contributed by atoms with van der Waals surface area (Å²) in [6.45, 7) is 8.15. The van der Waals surface area contributed by atoms with Crippen LogP contribution >= 0.6 is 0 Å². The summed E-state index contributed by atoms with van der Waals surface area (Å²) < 4.78 is 11.0. The molecule has 0 amide bonds. The zero-order valence-corrected chi connectivity index (χ0v) is 14.7. The van der Waals surface area contributed by atoms with Gasteiger partial charge in [-0.3, -0.25) is 4.99 Å². The largest absolute Gasteiger partial charge is 0.379 e. The lowest BCUT2D eigenvalue weighted by Crippen LogP contribution is -2.45. The van der Waals surface area contributed by atoms with E-state index in [2.05, 4.69) is 29.5 Å². The molecule has 1 rings (SSSR count). The van der Waals surface area contributed by atoms with E-state index in [1.54, 1.807) is 0 Å². The average Bonchev–Trinajstić information content (AvgIpc) is 2.52. The molecule has 0 saturated heterocycles. The highest BCUT2D eigenvalue weighted by Crippen LogP contribution is 2.23. The Kier molecular flexibility index (Phi) is 11.1. The molecule has 0 aromatic carbocycles. The Labute approximate surface area is 136 Å². The molecule has 2 N–H and O–H groups in total. The summed E-state index contributed by atoms with van der Waals surface area (Å²) in [6, 6.07) is 0.558. The van der Waals surface area contributed by atoms with Gasteiger partial charge in [0.15, 0.2) is 5.96 Å². The second kappa shape index (κ2) is 12.7. The number of guanidine groups is 1. The molecule has 130 valence electrons. The van der Waals surface area contributed by atoms with E-state index in [0.29, 0.717) is 25.9 Å². The van der Waals surface area contributed by atoms with Gasteiger partial charge in [-0.15, -0.1) is 0 Å².